The van der Waals surface area contributed by atoms with Crippen molar-refractivity contribution < 1.29 is 9.53 Å². The van der Waals surface area contributed by atoms with Crippen molar-refractivity contribution in [1.29, 1.82) is 0 Å². The van der Waals surface area contributed by atoms with E-state index in [-0.39, 0.29) is 12.5 Å². The Morgan fingerprint density at radius 2 is 1.70 bits per heavy atom. The van der Waals surface area contributed by atoms with Gasteiger partial charge >= 0.3 is 0 Å². The van der Waals surface area contributed by atoms with Crippen molar-refractivity contribution in [2.24, 2.45) is 0 Å². The molecule has 1 aromatic heterocycles. The third-order valence-electron chi connectivity index (χ3n) is 4.54. The van der Waals surface area contributed by atoms with Crippen LogP contribution in [0.4, 0.5) is 5.13 Å². The summed E-state index contributed by atoms with van der Waals surface area (Å²) in [7, 11) is 0. The lowest BCUT2D eigenvalue weighted by Crippen LogP contribution is -2.20. The molecule has 6 heteroatoms. The minimum atomic E-state index is -0.261. The number of halogens is 1. The normalized spacial score (nSPS) is 10.6. The topological polar surface area (TPSA) is 51.2 Å². The summed E-state index contributed by atoms with van der Waals surface area (Å²) in [5.74, 6) is 0.341. The average molecular weight is 435 g/mol. The maximum absolute atomic E-state index is 12.2. The number of carbonyl (C=O) groups is 1. The van der Waals surface area contributed by atoms with E-state index >= 15 is 0 Å². The van der Waals surface area contributed by atoms with Crippen LogP contribution in [0.25, 0.3) is 22.4 Å². The molecule has 150 valence electrons. The van der Waals surface area contributed by atoms with Crippen LogP contribution in [-0.2, 0) is 4.79 Å². The monoisotopic (exact) mass is 434 g/mol. The van der Waals surface area contributed by atoms with E-state index in [4.69, 9.17) is 16.3 Å². The van der Waals surface area contributed by atoms with Gasteiger partial charge in [0.2, 0.25) is 0 Å². The highest BCUT2D eigenvalue weighted by Crippen LogP contribution is 2.28. The molecule has 0 saturated heterocycles. The molecule has 0 unspecified atom stereocenters. The number of aryl methyl sites for hydroxylation is 1. The minimum absolute atomic E-state index is 0.0955. The summed E-state index contributed by atoms with van der Waals surface area (Å²) in [5.41, 5.74) is 5.05. The van der Waals surface area contributed by atoms with Crippen LogP contribution in [0.5, 0.6) is 5.75 Å². The van der Waals surface area contributed by atoms with Crippen LogP contribution in [0.2, 0.25) is 5.02 Å². The summed E-state index contributed by atoms with van der Waals surface area (Å²) in [6, 6.07) is 23.7. The number of aromatic nitrogens is 1. The van der Waals surface area contributed by atoms with Crippen molar-refractivity contribution in [3.63, 3.8) is 0 Å². The first-order chi connectivity index (χ1) is 14.6. The van der Waals surface area contributed by atoms with Gasteiger partial charge in [-0.05, 0) is 41.8 Å². The summed E-state index contributed by atoms with van der Waals surface area (Å²) >= 11 is 7.38. The molecule has 0 aliphatic rings. The molecule has 0 saturated carbocycles. The van der Waals surface area contributed by atoms with E-state index in [1.807, 2.05) is 42.6 Å². The van der Waals surface area contributed by atoms with Crippen molar-refractivity contribution in [2.45, 2.75) is 6.92 Å². The standard InChI is InChI=1S/C24H19ClN2O2S/c1-16-13-20(11-12-21(16)25)29-14-23(28)27-24-26-22(15-30-24)19-9-7-18(8-10-19)17-5-3-2-4-6-17/h2-13,15H,14H2,1H3,(H,26,27,28). The second-order valence-electron chi connectivity index (χ2n) is 6.73. The molecule has 4 nitrogen and oxygen atoms in total. The Bertz CT molecular complexity index is 1160. The zero-order valence-electron chi connectivity index (χ0n) is 16.3. The zero-order chi connectivity index (χ0) is 20.9. The van der Waals surface area contributed by atoms with Crippen LogP contribution in [0.15, 0.2) is 78.2 Å². The van der Waals surface area contributed by atoms with Gasteiger partial charge in [0.05, 0.1) is 5.69 Å². The average Bonchev–Trinajstić information content (AvgIpc) is 3.24. The Labute approximate surface area is 184 Å². The molecule has 4 aromatic rings. The van der Waals surface area contributed by atoms with Gasteiger partial charge in [-0.1, -0.05) is 66.2 Å². The lowest BCUT2D eigenvalue weighted by atomic mass is 10.0. The van der Waals surface area contributed by atoms with Gasteiger partial charge in [0.1, 0.15) is 5.75 Å². The Balaban J connectivity index is 1.36. The summed E-state index contributed by atoms with van der Waals surface area (Å²) < 4.78 is 5.53. The van der Waals surface area contributed by atoms with Gasteiger partial charge in [0, 0.05) is 16.0 Å². The van der Waals surface area contributed by atoms with E-state index in [9.17, 15) is 4.79 Å². The highest BCUT2D eigenvalue weighted by molar-refractivity contribution is 7.14. The van der Waals surface area contributed by atoms with Gasteiger partial charge in [-0.25, -0.2) is 4.98 Å². The number of amides is 1. The smallest absolute Gasteiger partial charge is 0.264 e. The van der Waals surface area contributed by atoms with Gasteiger partial charge < -0.3 is 4.74 Å². The fourth-order valence-electron chi connectivity index (χ4n) is 2.94. The number of hydrogen-bond donors (Lipinski definition) is 1. The fourth-order valence-corrected chi connectivity index (χ4v) is 3.79. The van der Waals surface area contributed by atoms with Gasteiger partial charge in [-0.15, -0.1) is 11.3 Å². The van der Waals surface area contributed by atoms with E-state index in [2.05, 4.69) is 34.6 Å². The first-order valence-electron chi connectivity index (χ1n) is 9.39. The van der Waals surface area contributed by atoms with Gasteiger partial charge in [-0.3, -0.25) is 10.1 Å². The molecule has 0 atom stereocenters. The largest absolute Gasteiger partial charge is 0.484 e. The molecule has 3 aromatic carbocycles. The van der Waals surface area contributed by atoms with Crippen molar-refractivity contribution in [3.05, 3.63) is 88.8 Å². The lowest BCUT2D eigenvalue weighted by Gasteiger charge is -2.07. The minimum Gasteiger partial charge on any atom is -0.484 e. The SMILES string of the molecule is Cc1cc(OCC(=O)Nc2nc(-c3ccc(-c4ccccc4)cc3)cs2)ccc1Cl. The van der Waals surface area contributed by atoms with Crippen LogP contribution in [0, 0.1) is 6.92 Å². The predicted octanol–water partition coefficient (Wildman–Crippen LogP) is 6.46. The molecular formula is C24H19ClN2O2S. The first-order valence-corrected chi connectivity index (χ1v) is 10.6. The number of benzene rings is 3. The molecule has 0 aliphatic heterocycles. The number of rotatable bonds is 6. The summed E-state index contributed by atoms with van der Waals surface area (Å²) in [6.07, 6.45) is 0. The van der Waals surface area contributed by atoms with Gasteiger partial charge in [-0.2, -0.15) is 0 Å². The number of nitrogens with zero attached hydrogens (tertiary/aromatic N) is 1. The highest BCUT2D eigenvalue weighted by Gasteiger charge is 2.10. The first kappa shape index (κ1) is 20.1. The number of carbonyl (C=O) groups excluding carboxylic acids is 1. The second kappa shape index (κ2) is 9.11. The van der Waals surface area contributed by atoms with E-state index in [1.165, 1.54) is 16.9 Å². The third kappa shape index (κ3) is 4.87. The molecule has 1 amide bonds. The molecule has 30 heavy (non-hydrogen) atoms. The molecular weight excluding hydrogens is 416 g/mol. The molecule has 1 N–H and O–H groups in total. The third-order valence-corrected chi connectivity index (χ3v) is 5.72. The van der Waals surface area contributed by atoms with Crippen LogP contribution in [0.1, 0.15) is 5.56 Å². The molecule has 0 bridgehead atoms. The molecule has 0 radical (unpaired) electrons. The van der Waals surface area contributed by atoms with E-state index in [0.29, 0.717) is 15.9 Å². The van der Waals surface area contributed by atoms with Crippen LogP contribution in [0.3, 0.4) is 0 Å². The maximum Gasteiger partial charge on any atom is 0.264 e. The van der Waals surface area contributed by atoms with Crippen LogP contribution >= 0.6 is 22.9 Å². The Hall–Kier alpha value is -3.15. The van der Waals surface area contributed by atoms with E-state index in [0.717, 1.165) is 22.4 Å². The van der Waals surface area contributed by atoms with Gasteiger partial charge in [0.15, 0.2) is 11.7 Å². The summed E-state index contributed by atoms with van der Waals surface area (Å²) in [6.45, 7) is 1.79. The number of hydrogen-bond acceptors (Lipinski definition) is 4. The quantitative estimate of drug-likeness (QED) is 0.379. The van der Waals surface area contributed by atoms with Crippen molar-refractivity contribution >= 4 is 34.0 Å². The highest BCUT2D eigenvalue weighted by atomic mass is 35.5. The van der Waals surface area contributed by atoms with E-state index in [1.54, 1.807) is 18.2 Å². The molecule has 1 heterocycles. The predicted molar refractivity (Wildman–Crippen MR) is 123 cm³/mol. The van der Waals surface area contributed by atoms with Crippen LogP contribution < -0.4 is 10.1 Å². The summed E-state index contributed by atoms with van der Waals surface area (Å²) in [4.78, 5) is 16.7. The number of thiazole rings is 1. The number of ether oxygens (including phenoxy) is 1. The summed E-state index contributed by atoms with van der Waals surface area (Å²) in [5, 5.41) is 5.92. The van der Waals surface area contributed by atoms with Crippen molar-refractivity contribution in [2.75, 3.05) is 11.9 Å². The van der Waals surface area contributed by atoms with Crippen LogP contribution in [-0.4, -0.2) is 17.5 Å². The van der Waals surface area contributed by atoms with Gasteiger partial charge in [0.25, 0.3) is 5.91 Å². The van der Waals surface area contributed by atoms with Crippen molar-refractivity contribution in [3.8, 4) is 28.1 Å². The maximum atomic E-state index is 12.2. The lowest BCUT2D eigenvalue weighted by molar-refractivity contribution is -0.118. The Morgan fingerprint density at radius 3 is 2.43 bits per heavy atom. The van der Waals surface area contributed by atoms with Crippen molar-refractivity contribution in [1.82, 2.24) is 4.98 Å². The molecule has 0 aliphatic carbocycles. The number of nitrogens with one attached hydrogen (secondary N) is 1. The number of anilines is 1. The molecule has 4 rings (SSSR count). The zero-order valence-corrected chi connectivity index (χ0v) is 17.8. The second-order valence-corrected chi connectivity index (χ2v) is 7.99. The Kier molecular flexibility index (Phi) is 6.12. The van der Waals surface area contributed by atoms with E-state index < -0.39 is 0 Å². The molecule has 0 fully saturated rings. The Morgan fingerprint density at radius 1 is 1.00 bits per heavy atom. The fraction of sp³-hybridized carbons (Fsp3) is 0.0833. The molecule has 0 spiro atoms.